The zero-order chi connectivity index (χ0) is 16.1. The zero-order valence-corrected chi connectivity index (χ0v) is 13.3. The molecule has 1 aromatic carbocycles. The van der Waals surface area contributed by atoms with Gasteiger partial charge < -0.3 is 14.2 Å². The SMILES string of the molecule is CCOC(=O)n1nc(OCC)c(-c2ccc(OC)cc2)c1C. The number of nitrogens with zero attached hydrogens (tertiary/aromatic N) is 2. The van der Waals surface area contributed by atoms with Crippen molar-refractivity contribution >= 4 is 6.09 Å². The molecule has 0 aliphatic carbocycles. The Balaban J connectivity index is 2.49. The quantitative estimate of drug-likeness (QED) is 0.848. The molecule has 0 spiro atoms. The first-order chi connectivity index (χ1) is 10.6. The monoisotopic (exact) mass is 304 g/mol. The van der Waals surface area contributed by atoms with E-state index in [-0.39, 0.29) is 0 Å². The molecule has 0 saturated heterocycles. The van der Waals surface area contributed by atoms with Crippen LogP contribution in [0.25, 0.3) is 11.1 Å². The predicted molar refractivity (Wildman–Crippen MR) is 82.5 cm³/mol. The van der Waals surface area contributed by atoms with Crippen molar-refractivity contribution in [1.82, 2.24) is 9.78 Å². The summed E-state index contributed by atoms with van der Waals surface area (Å²) in [6, 6.07) is 7.51. The first-order valence-electron chi connectivity index (χ1n) is 7.16. The second-order valence-electron chi connectivity index (χ2n) is 4.54. The van der Waals surface area contributed by atoms with Crippen molar-refractivity contribution in [1.29, 1.82) is 0 Å². The summed E-state index contributed by atoms with van der Waals surface area (Å²) in [5, 5.41) is 4.23. The molecule has 1 heterocycles. The Morgan fingerprint density at radius 1 is 1.18 bits per heavy atom. The standard InChI is InChI=1S/C16H20N2O4/c1-5-21-15-14(12-7-9-13(20-4)10-8-12)11(3)18(17-15)16(19)22-6-2/h7-10H,5-6H2,1-4H3. The summed E-state index contributed by atoms with van der Waals surface area (Å²) >= 11 is 0. The molecule has 0 amide bonds. The number of hydrogen-bond acceptors (Lipinski definition) is 5. The Bertz CT molecular complexity index is 647. The second-order valence-corrected chi connectivity index (χ2v) is 4.54. The van der Waals surface area contributed by atoms with Crippen LogP contribution in [0.4, 0.5) is 4.79 Å². The van der Waals surface area contributed by atoms with E-state index in [1.54, 1.807) is 14.0 Å². The highest BCUT2D eigenvalue weighted by molar-refractivity contribution is 5.78. The topological polar surface area (TPSA) is 62.6 Å². The van der Waals surface area contributed by atoms with Crippen molar-refractivity contribution in [3.63, 3.8) is 0 Å². The van der Waals surface area contributed by atoms with Gasteiger partial charge in [-0.25, -0.2) is 4.79 Å². The minimum Gasteiger partial charge on any atom is -0.497 e. The van der Waals surface area contributed by atoms with Crippen LogP contribution >= 0.6 is 0 Å². The van der Waals surface area contributed by atoms with Crippen molar-refractivity contribution in [2.75, 3.05) is 20.3 Å². The van der Waals surface area contributed by atoms with E-state index < -0.39 is 6.09 Å². The minimum atomic E-state index is -0.513. The number of methoxy groups -OCH3 is 1. The van der Waals surface area contributed by atoms with Crippen molar-refractivity contribution in [2.45, 2.75) is 20.8 Å². The zero-order valence-electron chi connectivity index (χ0n) is 13.3. The highest BCUT2D eigenvalue weighted by atomic mass is 16.6. The summed E-state index contributed by atoms with van der Waals surface area (Å²) in [4.78, 5) is 12.0. The molecule has 0 atom stereocenters. The average molecular weight is 304 g/mol. The first kappa shape index (κ1) is 15.9. The van der Waals surface area contributed by atoms with Gasteiger partial charge in [0.05, 0.1) is 31.6 Å². The van der Waals surface area contributed by atoms with E-state index >= 15 is 0 Å². The van der Waals surface area contributed by atoms with Crippen LogP contribution in [0.15, 0.2) is 24.3 Å². The van der Waals surface area contributed by atoms with Gasteiger partial charge in [0.2, 0.25) is 5.88 Å². The second kappa shape index (κ2) is 6.98. The van der Waals surface area contributed by atoms with E-state index in [9.17, 15) is 4.79 Å². The summed E-state index contributed by atoms with van der Waals surface area (Å²) in [6.45, 7) is 6.19. The molecule has 0 N–H and O–H groups in total. The van der Waals surface area contributed by atoms with Crippen LogP contribution in [0.2, 0.25) is 0 Å². The lowest BCUT2D eigenvalue weighted by Gasteiger charge is -2.06. The highest BCUT2D eigenvalue weighted by Gasteiger charge is 2.21. The summed E-state index contributed by atoms with van der Waals surface area (Å²) in [7, 11) is 1.62. The Labute approximate surface area is 129 Å². The molecule has 0 bridgehead atoms. The van der Waals surface area contributed by atoms with Crippen LogP contribution in [0.5, 0.6) is 11.6 Å². The van der Waals surface area contributed by atoms with Crippen molar-refractivity contribution in [2.24, 2.45) is 0 Å². The molecule has 0 aliphatic heterocycles. The molecule has 2 rings (SSSR count). The maximum atomic E-state index is 12.0. The normalized spacial score (nSPS) is 10.4. The molecule has 118 valence electrons. The molecule has 1 aromatic heterocycles. The van der Waals surface area contributed by atoms with E-state index in [1.165, 1.54) is 4.68 Å². The third kappa shape index (κ3) is 3.05. The van der Waals surface area contributed by atoms with Crippen LogP contribution in [0.3, 0.4) is 0 Å². The van der Waals surface area contributed by atoms with E-state index in [2.05, 4.69) is 5.10 Å². The fourth-order valence-corrected chi connectivity index (χ4v) is 2.17. The van der Waals surface area contributed by atoms with Gasteiger partial charge in [0.1, 0.15) is 5.75 Å². The van der Waals surface area contributed by atoms with Crippen molar-refractivity contribution in [3.05, 3.63) is 30.0 Å². The molecule has 0 radical (unpaired) electrons. The lowest BCUT2D eigenvalue weighted by molar-refractivity contribution is 0.149. The molecule has 0 saturated carbocycles. The lowest BCUT2D eigenvalue weighted by atomic mass is 10.1. The molecule has 6 nitrogen and oxygen atoms in total. The smallest absolute Gasteiger partial charge is 0.435 e. The van der Waals surface area contributed by atoms with Gasteiger partial charge in [0.15, 0.2) is 0 Å². The fraction of sp³-hybridized carbons (Fsp3) is 0.375. The van der Waals surface area contributed by atoms with Crippen molar-refractivity contribution < 1.29 is 19.0 Å². The Kier molecular flexibility index (Phi) is 5.04. The van der Waals surface area contributed by atoms with Crippen LogP contribution in [0.1, 0.15) is 19.5 Å². The van der Waals surface area contributed by atoms with Gasteiger partial charge in [-0.3, -0.25) is 0 Å². The van der Waals surface area contributed by atoms with E-state index in [0.717, 1.165) is 16.9 Å². The molecule has 0 aliphatic rings. The number of carbonyl (C=O) groups is 1. The van der Waals surface area contributed by atoms with Crippen LogP contribution in [-0.2, 0) is 4.74 Å². The van der Waals surface area contributed by atoms with Crippen LogP contribution < -0.4 is 9.47 Å². The van der Waals surface area contributed by atoms with Gasteiger partial charge >= 0.3 is 6.09 Å². The van der Waals surface area contributed by atoms with E-state index in [4.69, 9.17) is 14.2 Å². The number of aromatic nitrogens is 2. The van der Waals surface area contributed by atoms with Gasteiger partial charge in [-0.05, 0) is 38.5 Å². The van der Waals surface area contributed by atoms with Crippen LogP contribution in [0, 0.1) is 6.92 Å². The molecule has 0 fully saturated rings. The third-order valence-corrected chi connectivity index (χ3v) is 3.18. The summed E-state index contributed by atoms with van der Waals surface area (Å²) in [6.07, 6.45) is -0.513. The number of carbonyl (C=O) groups excluding carboxylic acids is 1. The lowest BCUT2D eigenvalue weighted by Crippen LogP contribution is -2.16. The van der Waals surface area contributed by atoms with Gasteiger partial charge in [-0.2, -0.15) is 4.68 Å². The molecule has 6 heteroatoms. The summed E-state index contributed by atoms with van der Waals surface area (Å²) in [5.41, 5.74) is 2.35. The Morgan fingerprint density at radius 3 is 2.41 bits per heavy atom. The van der Waals surface area contributed by atoms with Gasteiger partial charge in [0.25, 0.3) is 0 Å². The molecular formula is C16H20N2O4. The average Bonchev–Trinajstić information content (AvgIpc) is 2.85. The van der Waals surface area contributed by atoms with Crippen molar-refractivity contribution in [3.8, 4) is 22.8 Å². The summed E-state index contributed by atoms with van der Waals surface area (Å²) in [5.74, 6) is 1.18. The van der Waals surface area contributed by atoms with E-state index in [1.807, 2.05) is 38.1 Å². The van der Waals surface area contributed by atoms with E-state index in [0.29, 0.717) is 24.8 Å². The number of ether oxygens (including phenoxy) is 3. The minimum absolute atomic E-state index is 0.292. The number of hydrogen-bond donors (Lipinski definition) is 0. The van der Waals surface area contributed by atoms with Crippen LogP contribution in [-0.4, -0.2) is 36.2 Å². The molecule has 2 aromatic rings. The van der Waals surface area contributed by atoms with Gasteiger partial charge in [-0.1, -0.05) is 12.1 Å². The fourth-order valence-electron chi connectivity index (χ4n) is 2.17. The molecular weight excluding hydrogens is 284 g/mol. The maximum absolute atomic E-state index is 12.0. The number of benzene rings is 1. The predicted octanol–water partition coefficient (Wildman–Crippen LogP) is 3.27. The van der Waals surface area contributed by atoms with Gasteiger partial charge in [0, 0.05) is 0 Å². The number of rotatable bonds is 5. The van der Waals surface area contributed by atoms with Gasteiger partial charge in [-0.15, -0.1) is 5.10 Å². The first-order valence-corrected chi connectivity index (χ1v) is 7.16. The largest absolute Gasteiger partial charge is 0.497 e. The third-order valence-electron chi connectivity index (χ3n) is 3.18. The Morgan fingerprint density at radius 2 is 1.86 bits per heavy atom. The molecule has 22 heavy (non-hydrogen) atoms. The maximum Gasteiger partial charge on any atom is 0.435 e. The summed E-state index contributed by atoms with van der Waals surface area (Å²) < 4.78 is 17.0. The highest BCUT2D eigenvalue weighted by Crippen LogP contribution is 2.33. The molecule has 0 unspecified atom stereocenters. The Hall–Kier alpha value is -2.50.